The first-order valence-electron chi connectivity index (χ1n) is 13.8. The van der Waals surface area contributed by atoms with E-state index >= 15 is 0 Å². The second kappa shape index (κ2) is 14.6. The largest absolute Gasteiger partial charge is 0.354 e. The topological polar surface area (TPSA) is 86.8 Å². The van der Waals surface area contributed by atoms with Crippen molar-refractivity contribution in [3.8, 4) is 0 Å². The molecule has 0 heterocycles. The molecular formula is C32H40BrN3O4S. The Balaban J connectivity index is 2.03. The summed E-state index contributed by atoms with van der Waals surface area (Å²) in [4.78, 5) is 29.3. The second-order valence-corrected chi connectivity index (χ2v) is 13.8. The van der Waals surface area contributed by atoms with E-state index in [1.54, 1.807) is 12.1 Å². The predicted octanol–water partition coefficient (Wildman–Crippen LogP) is 5.75. The zero-order chi connectivity index (χ0) is 30.2. The van der Waals surface area contributed by atoms with Crippen LogP contribution in [0, 0.1) is 5.92 Å². The van der Waals surface area contributed by atoms with Crippen molar-refractivity contribution in [2.75, 3.05) is 23.7 Å². The molecule has 0 aliphatic heterocycles. The SMILES string of the molecule is CC(C)CNC(=O)[C@@H](Cc1ccccc1)N(Cc1ccc(Br)cc1)C(=O)CN(c1ccc(C(C)C)cc1)S(C)(=O)=O. The number of carbonyl (C=O) groups is 2. The lowest BCUT2D eigenvalue weighted by molar-refractivity contribution is -0.140. The Labute approximate surface area is 253 Å². The number of rotatable bonds is 13. The van der Waals surface area contributed by atoms with Gasteiger partial charge in [-0.1, -0.05) is 98.2 Å². The summed E-state index contributed by atoms with van der Waals surface area (Å²) in [5.74, 6) is -0.240. The Hall–Kier alpha value is -3.17. The molecule has 3 aromatic carbocycles. The van der Waals surface area contributed by atoms with Crippen molar-refractivity contribution in [3.63, 3.8) is 0 Å². The smallest absolute Gasteiger partial charge is 0.244 e. The minimum atomic E-state index is -3.81. The molecule has 0 aliphatic rings. The molecule has 1 atom stereocenters. The maximum absolute atomic E-state index is 14.1. The summed E-state index contributed by atoms with van der Waals surface area (Å²) in [7, 11) is -3.81. The molecule has 0 aromatic heterocycles. The highest BCUT2D eigenvalue weighted by Crippen LogP contribution is 2.23. The summed E-state index contributed by atoms with van der Waals surface area (Å²) < 4.78 is 27.9. The third-order valence-electron chi connectivity index (χ3n) is 6.75. The van der Waals surface area contributed by atoms with Crippen molar-refractivity contribution in [1.29, 1.82) is 0 Å². The van der Waals surface area contributed by atoms with Gasteiger partial charge in [-0.2, -0.15) is 0 Å². The van der Waals surface area contributed by atoms with Crippen LogP contribution in [0.5, 0.6) is 0 Å². The number of benzene rings is 3. The van der Waals surface area contributed by atoms with Gasteiger partial charge in [-0.15, -0.1) is 0 Å². The monoisotopic (exact) mass is 641 g/mol. The van der Waals surface area contributed by atoms with E-state index in [0.29, 0.717) is 12.2 Å². The number of nitrogens with zero attached hydrogens (tertiary/aromatic N) is 2. The van der Waals surface area contributed by atoms with Gasteiger partial charge in [0.2, 0.25) is 21.8 Å². The van der Waals surface area contributed by atoms with E-state index in [0.717, 1.165) is 31.7 Å². The average molecular weight is 643 g/mol. The molecular weight excluding hydrogens is 602 g/mol. The molecule has 7 nitrogen and oxygen atoms in total. The number of amides is 2. The summed E-state index contributed by atoms with van der Waals surface area (Å²) in [6.07, 6.45) is 1.38. The quantitative estimate of drug-likeness (QED) is 0.257. The Morgan fingerprint density at radius 1 is 0.854 bits per heavy atom. The van der Waals surface area contributed by atoms with E-state index in [-0.39, 0.29) is 30.7 Å². The van der Waals surface area contributed by atoms with Gasteiger partial charge in [0.1, 0.15) is 12.6 Å². The zero-order valence-corrected chi connectivity index (χ0v) is 26.8. The Bertz CT molecular complexity index is 1390. The molecule has 0 unspecified atom stereocenters. The van der Waals surface area contributed by atoms with Gasteiger partial charge in [0.05, 0.1) is 11.9 Å². The summed E-state index contributed by atoms with van der Waals surface area (Å²) in [6.45, 7) is 8.30. The fourth-order valence-corrected chi connectivity index (χ4v) is 5.52. The molecule has 0 radical (unpaired) electrons. The molecule has 3 rings (SSSR count). The van der Waals surface area contributed by atoms with Gasteiger partial charge in [-0.05, 0) is 52.8 Å². The molecule has 2 amide bonds. The molecule has 0 bridgehead atoms. The number of anilines is 1. The second-order valence-electron chi connectivity index (χ2n) is 11.0. The van der Waals surface area contributed by atoms with E-state index in [4.69, 9.17) is 0 Å². The molecule has 0 spiro atoms. The van der Waals surface area contributed by atoms with Gasteiger partial charge in [0.15, 0.2) is 0 Å². The predicted molar refractivity (Wildman–Crippen MR) is 169 cm³/mol. The van der Waals surface area contributed by atoms with Crippen LogP contribution in [0.1, 0.15) is 50.3 Å². The van der Waals surface area contributed by atoms with Gasteiger partial charge in [-0.25, -0.2) is 8.42 Å². The fraction of sp³-hybridized carbons (Fsp3) is 0.375. The van der Waals surface area contributed by atoms with Crippen molar-refractivity contribution in [2.24, 2.45) is 5.92 Å². The van der Waals surface area contributed by atoms with E-state index in [1.807, 2.05) is 80.6 Å². The number of halogens is 1. The van der Waals surface area contributed by atoms with Crippen molar-refractivity contribution in [2.45, 2.75) is 52.6 Å². The van der Waals surface area contributed by atoms with Crippen molar-refractivity contribution in [1.82, 2.24) is 10.2 Å². The van der Waals surface area contributed by atoms with Gasteiger partial charge >= 0.3 is 0 Å². The van der Waals surface area contributed by atoms with E-state index in [2.05, 4.69) is 35.1 Å². The number of sulfonamides is 1. The molecule has 0 fully saturated rings. The van der Waals surface area contributed by atoms with E-state index < -0.39 is 28.5 Å². The highest BCUT2D eigenvalue weighted by atomic mass is 79.9. The first-order chi connectivity index (χ1) is 19.3. The van der Waals surface area contributed by atoms with Crippen LogP contribution in [0.4, 0.5) is 5.69 Å². The fourth-order valence-electron chi connectivity index (χ4n) is 4.40. The number of carbonyl (C=O) groups excluding carboxylic acids is 2. The average Bonchev–Trinajstić information content (AvgIpc) is 2.93. The van der Waals surface area contributed by atoms with Crippen molar-refractivity contribution in [3.05, 3.63) is 100 Å². The number of nitrogens with one attached hydrogen (secondary N) is 1. The van der Waals surface area contributed by atoms with Gasteiger partial charge in [0.25, 0.3) is 0 Å². The lowest BCUT2D eigenvalue weighted by atomic mass is 10.0. The summed E-state index contributed by atoms with van der Waals surface area (Å²) >= 11 is 3.45. The van der Waals surface area contributed by atoms with Crippen LogP contribution in [0.15, 0.2) is 83.3 Å². The summed E-state index contributed by atoms with van der Waals surface area (Å²) in [5, 5.41) is 2.99. The summed E-state index contributed by atoms with van der Waals surface area (Å²) in [6, 6.07) is 23.4. The third-order valence-corrected chi connectivity index (χ3v) is 8.42. The van der Waals surface area contributed by atoms with Crippen LogP contribution in [0.3, 0.4) is 0 Å². The highest BCUT2D eigenvalue weighted by molar-refractivity contribution is 9.10. The Morgan fingerprint density at radius 2 is 1.46 bits per heavy atom. The standard InChI is InChI=1S/C32H40BrN3O4S/c1-23(2)20-34-32(38)30(19-25-9-7-6-8-10-25)35(21-26-11-15-28(33)16-12-26)31(37)22-36(41(5,39)40)29-17-13-27(14-18-29)24(3)4/h6-18,23-24,30H,19-22H2,1-5H3,(H,34,38)/t30-/m1/s1. The third kappa shape index (κ3) is 9.71. The minimum absolute atomic E-state index is 0.141. The van der Waals surface area contributed by atoms with Crippen LogP contribution in [0.2, 0.25) is 0 Å². The van der Waals surface area contributed by atoms with Crippen molar-refractivity contribution < 1.29 is 18.0 Å². The van der Waals surface area contributed by atoms with E-state index in [9.17, 15) is 18.0 Å². The van der Waals surface area contributed by atoms with Crippen LogP contribution >= 0.6 is 15.9 Å². The molecule has 41 heavy (non-hydrogen) atoms. The first kappa shape index (κ1) is 32.3. The molecule has 9 heteroatoms. The normalized spacial score (nSPS) is 12.3. The minimum Gasteiger partial charge on any atom is -0.354 e. The van der Waals surface area contributed by atoms with Gasteiger partial charge in [-0.3, -0.25) is 13.9 Å². The first-order valence-corrected chi connectivity index (χ1v) is 16.4. The number of hydrogen-bond donors (Lipinski definition) is 1. The molecule has 0 aliphatic carbocycles. The lowest BCUT2D eigenvalue weighted by Gasteiger charge is -2.33. The van der Waals surface area contributed by atoms with Crippen molar-refractivity contribution >= 4 is 43.5 Å². The highest BCUT2D eigenvalue weighted by Gasteiger charge is 2.33. The molecule has 0 saturated heterocycles. The van der Waals surface area contributed by atoms with Gasteiger partial charge < -0.3 is 10.2 Å². The van der Waals surface area contributed by atoms with Crippen LogP contribution < -0.4 is 9.62 Å². The maximum atomic E-state index is 14.1. The maximum Gasteiger partial charge on any atom is 0.244 e. The molecule has 3 aromatic rings. The zero-order valence-electron chi connectivity index (χ0n) is 24.4. The summed E-state index contributed by atoms with van der Waals surface area (Å²) in [5.41, 5.74) is 3.19. The molecule has 220 valence electrons. The Kier molecular flexibility index (Phi) is 11.5. The lowest BCUT2D eigenvalue weighted by Crippen LogP contribution is -2.53. The van der Waals surface area contributed by atoms with Crippen LogP contribution in [0.25, 0.3) is 0 Å². The van der Waals surface area contributed by atoms with Gasteiger partial charge in [0, 0.05) is 24.0 Å². The molecule has 0 saturated carbocycles. The van der Waals surface area contributed by atoms with E-state index in [1.165, 1.54) is 4.90 Å². The number of hydrogen-bond acceptors (Lipinski definition) is 4. The van der Waals surface area contributed by atoms with Crippen LogP contribution in [-0.4, -0.2) is 50.5 Å². The molecule has 1 N–H and O–H groups in total. The van der Waals surface area contributed by atoms with Crippen LogP contribution in [-0.2, 0) is 32.6 Å². The Morgan fingerprint density at radius 3 is 2.00 bits per heavy atom.